The summed E-state index contributed by atoms with van der Waals surface area (Å²) in [7, 11) is 0. The number of para-hydroxylation sites is 1. The first-order chi connectivity index (χ1) is 19.7. The highest BCUT2D eigenvalue weighted by molar-refractivity contribution is 5.94. The Balaban J connectivity index is 1.18. The van der Waals surface area contributed by atoms with Gasteiger partial charge in [0.15, 0.2) is 0 Å². The van der Waals surface area contributed by atoms with E-state index in [4.69, 9.17) is 14.2 Å². The summed E-state index contributed by atoms with van der Waals surface area (Å²) in [6.07, 6.45) is 0. The van der Waals surface area contributed by atoms with Crippen LogP contribution >= 0.6 is 0 Å². The number of anilines is 2. The molecule has 0 radical (unpaired) electrons. The predicted molar refractivity (Wildman–Crippen MR) is 149 cm³/mol. The Morgan fingerprint density at radius 1 is 0.725 bits per heavy atom. The van der Waals surface area contributed by atoms with Gasteiger partial charge in [-0.05, 0) is 42.0 Å². The molecule has 10 nitrogen and oxygen atoms in total. The van der Waals surface area contributed by atoms with Crippen LogP contribution in [0.2, 0.25) is 0 Å². The van der Waals surface area contributed by atoms with E-state index in [1.165, 1.54) is 12.1 Å². The zero-order valence-electron chi connectivity index (χ0n) is 21.9. The lowest BCUT2D eigenvalue weighted by Crippen LogP contribution is -2.27. The Morgan fingerprint density at radius 2 is 1.40 bits per heavy atom. The van der Waals surface area contributed by atoms with Gasteiger partial charge in [0.2, 0.25) is 11.9 Å². The van der Waals surface area contributed by atoms with Crippen molar-refractivity contribution in [2.24, 2.45) is 0 Å². The maximum atomic E-state index is 13.5. The minimum Gasteiger partial charge on any atom is -0.424 e. The van der Waals surface area contributed by atoms with Gasteiger partial charge in [0.05, 0.1) is 26.4 Å². The second-order valence-corrected chi connectivity index (χ2v) is 8.44. The van der Waals surface area contributed by atoms with E-state index in [9.17, 15) is 9.18 Å². The largest absolute Gasteiger partial charge is 0.424 e. The van der Waals surface area contributed by atoms with E-state index in [0.29, 0.717) is 63.3 Å². The van der Waals surface area contributed by atoms with Gasteiger partial charge in [0, 0.05) is 25.2 Å². The quantitative estimate of drug-likeness (QED) is 0.177. The molecule has 0 aliphatic heterocycles. The number of halogens is 1. The van der Waals surface area contributed by atoms with Crippen molar-refractivity contribution in [3.05, 3.63) is 102 Å². The summed E-state index contributed by atoms with van der Waals surface area (Å²) in [5.74, 6) is 0.719. The van der Waals surface area contributed by atoms with E-state index in [0.717, 1.165) is 5.56 Å². The van der Waals surface area contributed by atoms with Crippen LogP contribution in [-0.4, -0.2) is 60.4 Å². The van der Waals surface area contributed by atoms with Gasteiger partial charge in [0.1, 0.15) is 11.6 Å². The Morgan fingerprint density at radius 3 is 2.12 bits per heavy atom. The average molecular weight is 547 g/mol. The van der Waals surface area contributed by atoms with Crippen LogP contribution in [0.25, 0.3) is 0 Å². The van der Waals surface area contributed by atoms with Crippen molar-refractivity contribution in [2.45, 2.75) is 6.54 Å². The van der Waals surface area contributed by atoms with Gasteiger partial charge >= 0.3 is 6.01 Å². The smallest absolute Gasteiger partial charge is 0.328 e. The standard InChI is InChI=1S/C29H31FN6O4/c30-24-11-7-8-22(20-24)21-33-28-34-27(35-29(36-28)40-25-12-5-2-6-13-25)32-15-17-39-19-18-38-16-14-31-26(37)23-9-3-1-4-10-23/h1-13,20H,14-19,21H2,(H,31,37)(H2,32,33,34,35,36). The molecule has 0 spiro atoms. The fourth-order valence-electron chi connectivity index (χ4n) is 3.47. The van der Waals surface area contributed by atoms with E-state index < -0.39 is 0 Å². The van der Waals surface area contributed by atoms with Gasteiger partial charge < -0.3 is 30.2 Å². The van der Waals surface area contributed by atoms with Crippen molar-refractivity contribution in [1.82, 2.24) is 20.3 Å². The van der Waals surface area contributed by atoms with E-state index >= 15 is 0 Å². The van der Waals surface area contributed by atoms with Crippen LogP contribution in [0.4, 0.5) is 16.3 Å². The summed E-state index contributed by atoms with van der Waals surface area (Å²) < 4.78 is 30.4. The third-order valence-electron chi connectivity index (χ3n) is 5.38. The second-order valence-electron chi connectivity index (χ2n) is 8.44. The molecule has 1 aromatic heterocycles. The van der Waals surface area contributed by atoms with Gasteiger partial charge in [-0.2, -0.15) is 15.0 Å². The molecule has 0 fully saturated rings. The number of benzene rings is 3. The highest BCUT2D eigenvalue weighted by Gasteiger charge is 2.09. The van der Waals surface area contributed by atoms with Gasteiger partial charge in [-0.3, -0.25) is 4.79 Å². The Labute approximate surface area is 231 Å². The molecule has 4 rings (SSSR count). The number of ether oxygens (including phenoxy) is 3. The minimum atomic E-state index is -0.314. The van der Waals surface area contributed by atoms with Crippen molar-refractivity contribution in [2.75, 3.05) is 50.2 Å². The maximum Gasteiger partial charge on any atom is 0.328 e. The van der Waals surface area contributed by atoms with Crippen molar-refractivity contribution < 1.29 is 23.4 Å². The Hall–Kier alpha value is -4.61. The summed E-state index contributed by atoms with van der Waals surface area (Å²) in [4.78, 5) is 25.0. The number of aromatic nitrogens is 3. The third-order valence-corrected chi connectivity index (χ3v) is 5.38. The molecule has 0 aliphatic rings. The summed E-state index contributed by atoms with van der Waals surface area (Å²) in [6.45, 7) is 2.75. The lowest BCUT2D eigenvalue weighted by molar-refractivity contribution is 0.0519. The molecule has 208 valence electrons. The molecule has 4 aromatic rings. The molecule has 0 saturated carbocycles. The molecule has 0 aliphatic carbocycles. The van der Waals surface area contributed by atoms with Crippen LogP contribution in [-0.2, 0) is 16.0 Å². The average Bonchev–Trinajstić information content (AvgIpc) is 2.98. The monoisotopic (exact) mass is 546 g/mol. The predicted octanol–water partition coefficient (Wildman–Crippen LogP) is 4.29. The first-order valence-corrected chi connectivity index (χ1v) is 12.9. The normalized spacial score (nSPS) is 10.6. The summed E-state index contributed by atoms with van der Waals surface area (Å²) in [6, 6.07) is 24.6. The van der Waals surface area contributed by atoms with Gasteiger partial charge in [-0.1, -0.05) is 48.5 Å². The third kappa shape index (κ3) is 9.93. The molecule has 11 heteroatoms. The topological polar surface area (TPSA) is 120 Å². The fourth-order valence-corrected chi connectivity index (χ4v) is 3.47. The van der Waals surface area contributed by atoms with Crippen LogP contribution in [0.5, 0.6) is 11.8 Å². The number of hydrogen-bond donors (Lipinski definition) is 3. The van der Waals surface area contributed by atoms with Crippen molar-refractivity contribution in [3.63, 3.8) is 0 Å². The summed E-state index contributed by atoms with van der Waals surface area (Å²) in [5.41, 5.74) is 1.36. The van der Waals surface area contributed by atoms with E-state index in [1.54, 1.807) is 36.4 Å². The Kier molecular flexibility index (Phi) is 11.2. The summed E-state index contributed by atoms with van der Waals surface area (Å²) >= 11 is 0. The van der Waals surface area contributed by atoms with Crippen molar-refractivity contribution in [1.29, 1.82) is 0 Å². The van der Waals surface area contributed by atoms with Crippen molar-refractivity contribution >= 4 is 17.8 Å². The molecule has 3 N–H and O–H groups in total. The Bertz CT molecular complexity index is 1330. The maximum absolute atomic E-state index is 13.5. The zero-order chi connectivity index (χ0) is 27.8. The molecule has 3 aromatic carbocycles. The van der Waals surface area contributed by atoms with Crippen molar-refractivity contribution in [3.8, 4) is 11.8 Å². The molecule has 0 bridgehead atoms. The molecule has 0 unspecified atom stereocenters. The van der Waals surface area contributed by atoms with Gasteiger partial charge in [0.25, 0.3) is 5.91 Å². The number of amides is 1. The molecular weight excluding hydrogens is 515 g/mol. The van der Waals surface area contributed by atoms with E-state index in [2.05, 4.69) is 30.9 Å². The van der Waals surface area contributed by atoms with Crippen LogP contribution in [0.15, 0.2) is 84.9 Å². The zero-order valence-corrected chi connectivity index (χ0v) is 21.9. The van der Waals surface area contributed by atoms with Crippen LogP contribution < -0.4 is 20.7 Å². The van der Waals surface area contributed by atoms with Crippen LogP contribution in [0, 0.1) is 5.82 Å². The number of nitrogens with one attached hydrogen (secondary N) is 3. The van der Waals surface area contributed by atoms with E-state index in [1.807, 2.05) is 36.4 Å². The molecule has 0 saturated heterocycles. The van der Waals surface area contributed by atoms with Gasteiger partial charge in [-0.25, -0.2) is 4.39 Å². The first-order valence-electron chi connectivity index (χ1n) is 12.9. The molecule has 1 heterocycles. The number of carbonyl (C=O) groups excluding carboxylic acids is 1. The van der Waals surface area contributed by atoms with Gasteiger partial charge in [-0.15, -0.1) is 0 Å². The highest BCUT2D eigenvalue weighted by Crippen LogP contribution is 2.19. The lowest BCUT2D eigenvalue weighted by Gasteiger charge is -2.11. The van der Waals surface area contributed by atoms with Crippen LogP contribution in [0.1, 0.15) is 15.9 Å². The number of nitrogens with zero attached hydrogens (tertiary/aromatic N) is 3. The number of rotatable bonds is 16. The molecular formula is C29H31FN6O4. The summed E-state index contributed by atoms with van der Waals surface area (Å²) in [5, 5.41) is 8.99. The molecule has 1 amide bonds. The second kappa shape index (κ2) is 15.7. The number of carbonyl (C=O) groups is 1. The highest BCUT2D eigenvalue weighted by atomic mass is 19.1. The van der Waals surface area contributed by atoms with E-state index in [-0.39, 0.29) is 23.7 Å². The molecule has 40 heavy (non-hydrogen) atoms. The number of hydrogen-bond acceptors (Lipinski definition) is 9. The lowest BCUT2D eigenvalue weighted by atomic mass is 10.2. The fraction of sp³-hybridized carbons (Fsp3) is 0.241. The van der Waals surface area contributed by atoms with Crippen LogP contribution in [0.3, 0.4) is 0 Å². The SMILES string of the molecule is O=C(NCCOCCOCCNc1nc(NCc2cccc(F)c2)nc(Oc2ccccc2)n1)c1ccccc1. The minimum absolute atomic E-state index is 0.110. The first kappa shape index (κ1) is 28.4. The molecule has 0 atom stereocenters.